The van der Waals surface area contributed by atoms with Gasteiger partial charge in [0.1, 0.15) is 17.5 Å². The number of esters is 1. The summed E-state index contributed by atoms with van der Waals surface area (Å²) in [5, 5.41) is 7.45. The SMILES string of the molecule is CCOC(=O)COc1ccc(/C=N\NC(=O)[C@@H](Cc2ccccc2)NC(=O)[C@@H](C)Oc2ccc(Cl)cc2Cl)cc1. The molecule has 2 amide bonds. The number of hydrogen-bond donors (Lipinski definition) is 2. The summed E-state index contributed by atoms with van der Waals surface area (Å²) in [6.07, 6.45) is 0.732. The van der Waals surface area contributed by atoms with Gasteiger partial charge in [0.15, 0.2) is 12.7 Å². The van der Waals surface area contributed by atoms with E-state index in [1.807, 2.05) is 30.3 Å². The fourth-order valence-corrected chi connectivity index (χ4v) is 3.86. The molecular formula is C29H29Cl2N3O6. The van der Waals surface area contributed by atoms with Crippen LogP contribution in [0.4, 0.5) is 0 Å². The van der Waals surface area contributed by atoms with Crippen molar-refractivity contribution < 1.29 is 28.6 Å². The van der Waals surface area contributed by atoms with Crippen molar-refractivity contribution in [3.05, 3.63) is 94.0 Å². The van der Waals surface area contributed by atoms with Gasteiger partial charge in [-0.05, 0) is 67.4 Å². The van der Waals surface area contributed by atoms with Crippen molar-refractivity contribution in [1.29, 1.82) is 0 Å². The molecular weight excluding hydrogens is 557 g/mol. The highest BCUT2D eigenvalue weighted by Crippen LogP contribution is 2.28. The number of hydrazone groups is 1. The molecule has 3 aromatic carbocycles. The van der Waals surface area contributed by atoms with Crippen LogP contribution in [0.25, 0.3) is 0 Å². The van der Waals surface area contributed by atoms with Crippen LogP contribution in [0, 0.1) is 0 Å². The summed E-state index contributed by atoms with van der Waals surface area (Å²) in [7, 11) is 0. The Balaban J connectivity index is 1.61. The summed E-state index contributed by atoms with van der Waals surface area (Å²) >= 11 is 12.1. The maximum Gasteiger partial charge on any atom is 0.344 e. The minimum Gasteiger partial charge on any atom is -0.482 e. The smallest absolute Gasteiger partial charge is 0.344 e. The molecule has 2 atom stereocenters. The molecule has 0 unspecified atom stereocenters. The Morgan fingerprint density at radius 1 is 0.975 bits per heavy atom. The zero-order valence-corrected chi connectivity index (χ0v) is 23.4. The first-order valence-corrected chi connectivity index (χ1v) is 13.2. The van der Waals surface area contributed by atoms with Gasteiger partial charge in [0.25, 0.3) is 11.8 Å². The fraction of sp³-hybridized carbons (Fsp3) is 0.241. The largest absolute Gasteiger partial charge is 0.482 e. The molecule has 0 heterocycles. The second-order valence-electron chi connectivity index (χ2n) is 8.48. The molecule has 0 saturated carbocycles. The molecule has 0 aromatic heterocycles. The molecule has 0 spiro atoms. The molecule has 2 N–H and O–H groups in total. The third-order valence-electron chi connectivity index (χ3n) is 5.41. The molecule has 3 rings (SSSR count). The van der Waals surface area contributed by atoms with Crippen molar-refractivity contribution in [2.24, 2.45) is 5.10 Å². The van der Waals surface area contributed by atoms with E-state index >= 15 is 0 Å². The summed E-state index contributed by atoms with van der Waals surface area (Å²) in [5.41, 5.74) is 4.00. The first kappa shape index (κ1) is 30.5. The minimum atomic E-state index is -0.946. The molecule has 0 saturated heterocycles. The van der Waals surface area contributed by atoms with E-state index < -0.39 is 29.9 Å². The van der Waals surface area contributed by atoms with Crippen LogP contribution < -0.4 is 20.2 Å². The molecule has 210 valence electrons. The zero-order valence-electron chi connectivity index (χ0n) is 21.9. The van der Waals surface area contributed by atoms with Crippen molar-refractivity contribution in [3.63, 3.8) is 0 Å². The molecule has 40 heavy (non-hydrogen) atoms. The first-order valence-electron chi connectivity index (χ1n) is 12.4. The number of carbonyl (C=O) groups is 3. The molecule has 0 aliphatic carbocycles. The van der Waals surface area contributed by atoms with Gasteiger partial charge in [0.2, 0.25) is 0 Å². The number of nitrogens with zero attached hydrogens (tertiary/aromatic N) is 1. The number of ether oxygens (including phenoxy) is 3. The van der Waals surface area contributed by atoms with Crippen molar-refractivity contribution in [2.45, 2.75) is 32.4 Å². The maximum atomic E-state index is 13.0. The number of halogens is 2. The van der Waals surface area contributed by atoms with Crippen LogP contribution in [0.15, 0.2) is 77.9 Å². The minimum absolute atomic E-state index is 0.192. The first-order chi connectivity index (χ1) is 19.2. The highest BCUT2D eigenvalue weighted by Gasteiger charge is 2.25. The van der Waals surface area contributed by atoms with Crippen LogP contribution in [-0.4, -0.2) is 49.4 Å². The Kier molecular flexibility index (Phi) is 11.8. The van der Waals surface area contributed by atoms with E-state index in [1.165, 1.54) is 12.3 Å². The van der Waals surface area contributed by atoms with Crippen molar-refractivity contribution in [2.75, 3.05) is 13.2 Å². The van der Waals surface area contributed by atoms with Crippen LogP contribution in [-0.2, 0) is 25.5 Å². The van der Waals surface area contributed by atoms with E-state index in [9.17, 15) is 14.4 Å². The van der Waals surface area contributed by atoms with Crippen LogP contribution in [0.5, 0.6) is 11.5 Å². The topological polar surface area (TPSA) is 115 Å². The lowest BCUT2D eigenvalue weighted by atomic mass is 10.1. The summed E-state index contributed by atoms with van der Waals surface area (Å²) in [4.78, 5) is 37.4. The number of carbonyl (C=O) groups excluding carboxylic acids is 3. The Hall–Kier alpha value is -4.08. The van der Waals surface area contributed by atoms with Gasteiger partial charge in [-0.2, -0.15) is 5.10 Å². The number of nitrogens with one attached hydrogen (secondary N) is 2. The maximum absolute atomic E-state index is 13.0. The van der Waals surface area contributed by atoms with Crippen LogP contribution >= 0.6 is 23.2 Å². The second kappa shape index (κ2) is 15.5. The molecule has 0 fully saturated rings. The molecule has 0 bridgehead atoms. The van der Waals surface area contributed by atoms with E-state index in [0.29, 0.717) is 22.1 Å². The molecule has 0 aliphatic heterocycles. The van der Waals surface area contributed by atoms with E-state index in [4.69, 9.17) is 37.4 Å². The Labute approximate surface area is 242 Å². The summed E-state index contributed by atoms with van der Waals surface area (Å²) in [6, 6.07) is 19.7. The van der Waals surface area contributed by atoms with E-state index in [-0.39, 0.29) is 24.7 Å². The lowest BCUT2D eigenvalue weighted by molar-refractivity contribution is -0.145. The number of rotatable bonds is 13. The fourth-order valence-electron chi connectivity index (χ4n) is 3.41. The Morgan fingerprint density at radius 2 is 1.70 bits per heavy atom. The van der Waals surface area contributed by atoms with Gasteiger partial charge in [-0.15, -0.1) is 0 Å². The lowest BCUT2D eigenvalue weighted by Gasteiger charge is -2.21. The highest BCUT2D eigenvalue weighted by molar-refractivity contribution is 6.35. The van der Waals surface area contributed by atoms with Crippen LogP contribution in [0.2, 0.25) is 10.0 Å². The average molecular weight is 586 g/mol. The normalized spacial score (nSPS) is 12.3. The van der Waals surface area contributed by atoms with Crippen molar-refractivity contribution in [1.82, 2.24) is 10.7 Å². The molecule has 3 aromatic rings. The molecule has 0 radical (unpaired) electrons. The van der Waals surface area contributed by atoms with Gasteiger partial charge in [0.05, 0.1) is 17.8 Å². The van der Waals surface area contributed by atoms with E-state index in [2.05, 4.69) is 15.8 Å². The van der Waals surface area contributed by atoms with E-state index in [0.717, 1.165) is 5.56 Å². The monoisotopic (exact) mass is 585 g/mol. The second-order valence-corrected chi connectivity index (χ2v) is 9.33. The quantitative estimate of drug-likeness (QED) is 0.172. The number of benzene rings is 3. The number of amides is 2. The van der Waals surface area contributed by atoms with Crippen LogP contribution in [0.3, 0.4) is 0 Å². The predicted molar refractivity (Wildman–Crippen MR) is 153 cm³/mol. The average Bonchev–Trinajstić information content (AvgIpc) is 2.94. The Bertz CT molecular complexity index is 1320. The van der Waals surface area contributed by atoms with Crippen molar-refractivity contribution >= 4 is 47.2 Å². The van der Waals surface area contributed by atoms with Gasteiger partial charge in [0, 0.05) is 11.4 Å². The number of hydrogen-bond acceptors (Lipinski definition) is 7. The lowest BCUT2D eigenvalue weighted by Crippen LogP contribution is -2.50. The summed E-state index contributed by atoms with van der Waals surface area (Å²) < 4.78 is 15.9. The third-order valence-corrected chi connectivity index (χ3v) is 5.94. The van der Waals surface area contributed by atoms with Gasteiger partial charge in [-0.25, -0.2) is 10.2 Å². The van der Waals surface area contributed by atoms with Crippen LogP contribution in [0.1, 0.15) is 25.0 Å². The summed E-state index contributed by atoms with van der Waals surface area (Å²) in [6.45, 7) is 3.36. The van der Waals surface area contributed by atoms with Crippen molar-refractivity contribution in [3.8, 4) is 11.5 Å². The Morgan fingerprint density at radius 3 is 2.38 bits per heavy atom. The zero-order chi connectivity index (χ0) is 28.9. The molecule has 9 nitrogen and oxygen atoms in total. The van der Waals surface area contributed by atoms with Gasteiger partial charge in [-0.3, -0.25) is 9.59 Å². The van der Waals surface area contributed by atoms with Gasteiger partial charge < -0.3 is 19.5 Å². The van der Waals surface area contributed by atoms with E-state index in [1.54, 1.807) is 50.2 Å². The highest BCUT2D eigenvalue weighted by atomic mass is 35.5. The third kappa shape index (κ3) is 9.91. The van der Waals surface area contributed by atoms with Gasteiger partial charge in [-0.1, -0.05) is 53.5 Å². The standard InChI is InChI=1S/C29H29Cl2N3O6/c1-3-38-27(35)18-39-23-12-9-21(10-13-23)17-32-34-29(37)25(15-20-7-5-4-6-8-20)33-28(36)19(2)40-26-14-11-22(30)16-24(26)31/h4-14,16-17,19,25H,3,15,18H2,1-2H3,(H,33,36)(H,34,37)/b32-17-/t19-,25-/m1/s1. The predicted octanol–water partition coefficient (Wildman–Crippen LogP) is 4.58. The van der Waals surface area contributed by atoms with Gasteiger partial charge >= 0.3 is 5.97 Å². The molecule has 0 aliphatic rings. The molecule has 11 heteroatoms. The summed E-state index contributed by atoms with van der Waals surface area (Å²) in [5.74, 6) is -0.706.